The fraction of sp³-hybridized carbons (Fsp3) is 0.467. The molecule has 0 aromatic rings. The molecule has 1 rings (SSSR count). The molecule has 1 aliphatic carbocycles. The van der Waals surface area contributed by atoms with Crippen molar-refractivity contribution in [3.63, 3.8) is 0 Å². The number of carbonyl (C=O) groups is 2. The summed E-state index contributed by atoms with van der Waals surface area (Å²) >= 11 is 0. The van der Waals surface area contributed by atoms with Gasteiger partial charge < -0.3 is 4.90 Å². The van der Waals surface area contributed by atoms with Crippen LogP contribution in [0.15, 0.2) is 35.6 Å². The van der Waals surface area contributed by atoms with Gasteiger partial charge >= 0.3 is 0 Å². The van der Waals surface area contributed by atoms with Gasteiger partial charge in [-0.15, -0.1) is 0 Å². The fourth-order valence-electron chi connectivity index (χ4n) is 2.09. The van der Waals surface area contributed by atoms with Gasteiger partial charge in [0.25, 0.3) is 0 Å². The highest BCUT2D eigenvalue weighted by Gasteiger charge is 2.32. The first-order valence-corrected chi connectivity index (χ1v) is 6.11. The van der Waals surface area contributed by atoms with Gasteiger partial charge in [0.1, 0.15) is 12.1 Å². The van der Waals surface area contributed by atoms with Crippen molar-refractivity contribution in [2.45, 2.75) is 20.8 Å². The SMILES string of the molecule is CC(C)C(=O)C1(C)C=C(C=O)C=CC(N(C)C)=C1. The topological polar surface area (TPSA) is 37.4 Å². The van der Waals surface area contributed by atoms with Crippen LogP contribution in [0.5, 0.6) is 0 Å². The lowest BCUT2D eigenvalue weighted by molar-refractivity contribution is -0.126. The molecule has 0 saturated carbocycles. The number of allylic oxidation sites excluding steroid dienone is 5. The molecular weight excluding hydrogens is 226 g/mol. The molecule has 0 N–H and O–H groups in total. The van der Waals surface area contributed by atoms with E-state index in [1.54, 1.807) is 12.2 Å². The number of ketones is 1. The molecule has 1 unspecified atom stereocenters. The van der Waals surface area contributed by atoms with Crippen molar-refractivity contribution >= 4 is 12.1 Å². The maximum atomic E-state index is 12.4. The maximum Gasteiger partial charge on any atom is 0.149 e. The van der Waals surface area contributed by atoms with E-state index in [2.05, 4.69) is 0 Å². The van der Waals surface area contributed by atoms with Crippen LogP contribution in [0.2, 0.25) is 0 Å². The molecule has 0 fully saturated rings. The Kier molecular flexibility index (Phi) is 4.28. The molecule has 0 spiro atoms. The summed E-state index contributed by atoms with van der Waals surface area (Å²) in [5.74, 6) is 0.0433. The van der Waals surface area contributed by atoms with Gasteiger partial charge in [-0.1, -0.05) is 19.9 Å². The second-order valence-corrected chi connectivity index (χ2v) is 5.36. The van der Waals surface area contributed by atoms with Gasteiger partial charge in [-0.25, -0.2) is 0 Å². The minimum absolute atomic E-state index is 0.0723. The van der Waals surface area contributed by atoms with Gasteiger partial charge in [0.15, 0.2) is 0 Å². The Balaban J connectivity index is 3.32. The lowest BCUT2D eigenvalue weighted by Crippen LogP contribution is -2.29. The van der Waals surface area contributed by atoms with Crippen molar-refractivity contribution in [3.8, 4) is 0 Å². The van der Waals surface area contributed by atoms with Gasteiger partial charge in [-0.3, -0.25) is 9.59 Å². The summed E-state index contributed by atoms with van der Waals surface area (Å²) in [6.45, 7) is 5.61. The first kappa shape index (κ1) is 14.4. The zero-order valence-corrected chi connectivity index (χ0v) is 11.7. The van der Waals surface area contributed by atoms with Crippen LogP contribution in [0.3, 0.4) is 0 Å². The molecule has 0 heterocycles. The number of hydrogen-bond donors (Lipinski definition) is 0. The smallest absolute Gasteiger partial charge is 0.149 e. The molecule has 0 saturated heterocycles. The zero-order chi connectivity index (χ0) is 13.9. The van der Waals surface area contributed by atoms with Crippen LogP contribution in [-0.4, -0.2) is 31.1 Å². The van der Waals surface area contributed by atoms with E-state index in [0.29, 0.717) is 5.57 Å². The third-order valence-electron chi connectivity index (χ3n) is 3.07. The molecule has 0 bridgehead atoms. The molecule has 0 aliphatic heterocycles. The molecule has 3 nitrogen and oxygen atoms in total. The predicted molar refractivity (Wildman–Crippen MR) is 73.0 cm³/mol. The van der Waals surface area contributed by atoms with Gasteiger partial charge in [-0.05, 0) is 25.2 Å². The number of hydrogen-bond acceptors (Lipinski definition) is 3. The maximum absolute atomic E-state index is 12.4. The van der Waals surface area contributed by atoms with Gasteiger partial charge in [-0.2, -0.15) is 0 Å². The van der Waals surface area contributed by atoms with E-state index < -0.39 is 5.41 Å². The molecule has 98 valence electrons. The summed E-state index contributed by atoms with van der Waals surface area (Å²) in [7, 11) is 3.84. The number of aldehydes is 1. The molecule has 0 amide bonds. The minimum Gasteiger partial charge on any atom is -0.378 e. The van der Waals surface area contributed by atoms with Gasteiger partial charge in [0, 0.05) is 31.3 Å². The molecule has 1 aliphatic rings. The average molecular weight is 247 g/mol. The standard InChI is InChI=1S/C15H21NO2/c1-11(2)14(18)15(3)8-12(10-17)6-7-13(9-15)16(4)5/h6-11H,1-5H3. The highest BCUT2D eigenvalue weighted by atomic mass is 16.1. The van der Waals surface area contributed by atoms with Crippen LogP contribution in [0, 0.1) is 11.3 Å². The zero-order valence-electron chi connectivity index (χ0n) is 11.7. The van der Waals surface area contributed by atoms with E-state index in [-0.39, 0.29) is 11.7 Å². The number of nitrogens with zero attached hydrogens (tertiary/aromatic N) is 1. The van der Waals surface area contributed by atoms with E-state index in [0.717, 1.165) is 12.0 Å². The van der Waals surface area contributed by atoms with Crippen molar-refractivity contribution in [2.24, 2.45) is 11.3 Å². The second kappa shape index (κ2) is 5.34. The van der Waals surface area contributed by atoms with Crippen molar-refractivity contribution in [1.29, 1.82) is 0 Å². The number of carbonyl (C=O) groups excluding carboxylic acids is 2. The van der Waals surface area contributed by atoms with Crippen LogP contribution in [0.25, 0.3) is 0 Å². The van der Waals surface area contributed by atoms with Gasteiger partial charge in [0.2, 0.25) is 0 Å². The number of Topliss-reactive ketones (excluding diaryl/α,β-unsaturated/α-hetero) is 1. The van der Waals surface area contributed by atoms with E-state index in [9.17, 15) is 9.59 Å². The third-order valence-corrected chi connectivity index (χ3v) is 3.07. The molecule has 18 heavy (non-hydrogen) atoms. The Morgan fingerprint density at radius 2 is 1.89 bits per heavy atom. The van der Waals surface area contributed by atoms with E-state index in [1.165, 1.54) is 0 Å². The summed E-state index contributed by atoms with van der Waals surface area (Å²) in [5, 5.41) is 0. The molecular formula is C15H21NO2. The fourth-order valence-corrected chi connectivity index (χ4v) is 2.09. The lowest BCUT2D eigenvalue weighted by atomic mass is 9.79. The Morgan fingerprint density at radius 3 is 2.33 bits per heavy atom. The Labute approximate surface area is 109 Å². The number of likely N-dealkylation sites (N-methyl/N-ethyl adjacent to an activating group) is 1. The van der Waals surface area contributed by atoms with Crippen molar-refractivity contribution in [2.75, 3.05) is 14.1 Å². The quantitative estimate of drug-likeness (QED) is 0.716. The summed E-state index contributed by atoms with van der Waals surface area (Å²) < 4.78 is 0. The minimum atomic E-state index is -0.729. The molecule has 1 atom stereocenters. The predicted octanol–water partition coefficient (Wildman–Crippen LogP) is 2.36. The van der Waals surface area contributed by atoms with Gasteiger partial charge in [0.05, 0.1) is 5.41 Å². The summed E-state index contributed by atoms with van der Waals surface area (Å²) in [4.78, 5) is 25.3. The van der Waals surface area contributed by atoms with Crippen LogP contribution in [-0.2, 0) is 9.59 Å². The molecule has 0 radical (unpaired) electrons. The van der Waals surface area contributed by atoms with Crippen molar-refractivity contribution in [3.05, 3.63) is 35.6 Å². The molecule has 0 aromatic heterocycles. The largest absolute Gasteiger partial charge is 0.378 e. The highest BCUT2D eigenvalue weighted by Crippen LogP contribution is 2.31. The number of rotatable bonds is 4. The normalized spacial score (nSPS) is 23.2. The van der Waals surface area contributed by atoms with Crippen molar-refractivity contribution in [1.82, 2.24) is 4.90 Å². The highest BCUT2D eigenvalue weighted by molar-refractivity contribution is 5.92. The van der Waals surface area contributed by atoms with Crippen molar-refractivity contribution < 1.29 is 9.59 Å². The van der Waals surface area contributed by atoms with Crippen LogP contribution < -0.4 is 0 Å². The monoisotopic (exact) mass is 247 g/mol. The Hall–Kier alpha value is -1.64. The van der Waals surface area contributed by atoms with Crippen LogP contribution >= 0.6 is 0 Å². The Bertz CT molecular complexity index is 441. The Morgan fingerprint density at radius 1 is 1.28 bits per heavy atom. The average Bonchev–Trinajstić information content (AvgIpc) is 2.48. The third kappa shape index (κ3) is 2.97. The van der Waals surface area contributed by atoms with Crippen LogP contribution in [0.1, 0.15) is 20.8 Å². The summed E-state index contributed by atoms with van der Waals surface area (Å²) in [5.41, 5.74) is 0.743. The molecule has 3 heteroatoms. The van der Waals surface area contributed by atoms with Crippen LogP contribution in [0.4, 0.5) is 0 Å². The first-order chi connectivity index (χ1) is 8.30. The summed E-state index contributed by atoms with van der Waals surface area (Å²) in [6, 6.07) is 0. The molecule has 0 aromatic carbocycles. The lowest BCUT2D eigenvalue weighted by Gasteiger charge is -2.25. The van der Waals surface area contributed by atoms with E-state index >= 15 is 0 Å². The first-order valence-electron chi connectivity index (χ1n) is 6.11. The van der Waals surface area contributed by atoms with E-state index in [1.807, 2.05) is 51.9 Å². The summed E-state index contributed by atoms with van der Waals surface area (Å²) in [6.07, 6.45) is 8.06. The second-order valence-electron chi connectivity index (χ2n) is 5.36. The van der Waals surface area contributed by atoms with E-state index in [4.69, 9.17) is 0 Å².